The van der Waals surface area contributed by atoms with Crippen LogP contribution in [0.1, 0.15) is 12.8 Å². The topological polar surface area (TPSA) is 81.3 Å². The number of halogens is 1. The number of allylic oxidation sites excluding steroid dienone is 3. The van der Waals surface area contributed by atoms with Crippen molar-refractivity contribution >= 4 is 15.9 Å². The smallest absolute Gasteiger partial charge is 0.0559 e. The van der Waals surface area contributed by atoms with E-state index in [0.29, 0.717) is 10.2 Å². The number of hydrazine groups is 1. The third kappa shape index (κ3) is 4.90. The lowest BCUT2D eigenvalue weighted by Gasteiger charge is -2.11. The van der Waals surface area contributed by atoms with Gasteiger partial charge < -0.3 is 16.5 Å². The van der Waals surface area contributed by atoms with Gasteiger partial charge in [-0.1, -0.05) is 0 Å². The lowest BCUT2D eigenvalue weighted by atomic mass is 10.3. The van der Waals surface area contributed by atoms with Crippen LogP contribution in [0.15, 0.2) is 34.7 Å². The first-order valence-corrected chi connectivity index (χ1v) is 5.66. The van der Waals surface area contributed by atoms with Crippen LogP contribution in [0.25, 0.3) is 0 Å². The van der Waals surface area contributed by atoms with E-state index in [1.54, 1.807) is 11.1 Å². The molecule has 1 rings (SSSR count). The van der Waals surface area contributed by atoms with Crippen molar-refractivity contribution in [1.82, 2.24) is 5.01 Å². The highest BCUT2D eigenvalue weighted by atomic mass is 79.9. The van der Waals surface area contributed by atoms with Crippen LogP contribution in [0.2, 0.25) is 0 Å². The Hall–Kier alpha value is -0.940. The van der Waals surface area contributed by atoms with E-state index in [9.17, 15) is 0 Å². The summed E-state index contributed by atoms with van der Waals surface area (Å²) in [5, 5.41) is 1.68. The fraction of sp³-hybridized carbons (Fsp3) is 0.400. The van der Waals surface area contributed by atoms with Gasteiger partial charge in [0.05, 0.1) is 4.48 Å². The van der Waals surface area contributed by atoms with Crippen LogP contribution in [0.3, 0.4) is 0 Å². The summed E-state index contributed by atoms with van der Waals surface area (Å²) in [6.45, 7) is 0.915. The second kappa shape index (κ2) is 5.82. The summed E-state index contributed by atoms with van der Waals surface area (Å²) >= 11 is 3.22. The molecule has 5 heteroatoms. The van der Waals surface area contributed by atoms with Crippen LogP contribution in [-0.2, 0) is 0 Å². The van der Waals surface area contributed by atoms with E-state index in [1.807, 2.05) is 12.3 Å². The van der Waals surface area contributed by atoms with E-state index in [1.165, 1.54) is 19.0 Å². The van der Waals surface area contributed by atoms with E-state index in [2.05, 4.69) is 15.9 Å². The van der Waals surface area contributed by atoms with Crippen molar-refractivity contribution in [2.24, 2.45) is 23.2 Å². The van der Waals surface area contributed by atoms with Crippen LogP contribution in [0.5, 0.6) is 0 Å². The molecule has 0 heterocycles. The van der Waals surface area contributed by atoms with Gasteiger partial charge in [0.15, 0.2) is 0 Å². The largest absolute Gasteiger partial charge is 0.404 e. The Morgan fingerprint density at radius 1 is 1.47 bits per heavy atom. The second-order valence-corrected chi connectivity index (χ2v) is 4.47. The molecule has 1 aliphatic rings. The monoisotopic (exact) mass is 272 g/mol. The Kier molecular flexibility index (Phi) is 4.71. The zero-order valence-electron chi connectivity index (χ0n) is 8.57. The van der Waals surface area contributed by atoms with Crippen LogP contribution in [-0.4, -0.2) is 11.6 Å². The lowest BCUT2D eigenvalue weighted by molar-refractivity contribution is 0.375. The average molecular weight is 273 g/mol. The normalized spacial score (nSPS) is 18.5. The van der Waals surface area contributed by atoms with Crippen molar-refractivity contribution in [3.63, 3.8) is 0 Å². The number of nitrogens with zero attached hydrogens (tertiary/aromatic N) is 1. The maximum absolute atomic E-state index is 5.73. The van der Waals surface area contributed by atoms with Gasteiger partial charge in [0, 0.05) is 24.6 Å². The van der Waals surface area contributed by atoms with E-state index >= 15 is 0 Å². The summed E-state index contributed by atoms with van der Waals surface area (Å²) in [4.78, 5) is 0. The molecule has 15 heavy (non-hydrogen) atoms. The molecule has 1 saturated carbocycles. The van der Waals surface area contributed by atoms with Crippen molar-refractivity contribution < 1.29 is 0 Å². The van der Waals surface area contributed by atoms with Crippen molar-refractivity contribution in [1.29, 1.82) is 0 Å². The molecule has 0 radical (unpaired) electrons. The van der Waals surface area contributed by atoms with E-state index in [0.717, 1.165) is 12.5 Å². The first-order chi connectivity index (χ1) is 7.13. The van der Waals surface area contributed by atoms with Gasteiger partial charge in [-0.2, -0.15) is 0 Å². The zero-order valence-corrected chi connectivity index (χ0v) is 10.2. The fourth-order valence-corrected chi connectivity index (χ4v) is 1.22. The third-order valence-electron chi connectivity index (χ3n) is 2.14. The van der Waals surface area contributed by atoms with Crippen molar-refractivity contribution in [3.8, 4) is 0 Å². The Morgan fingerprint density at radius 2 is 2.13 bits per heavy atom. The highest BCUT2D eigenvalue weighted by molar-refractivity contribution is 9.11. The van der Waals surface area contributed by atoms with Crippen LogP contribution in [0, 0.1) is 5.92 Å². The van der Waals surface area contributed by atoms with Gasteiger partial charge in [0.25, 0.3) is 0 Å². The average Bonchev–Trinajstić information content (AvgIpc) is 3.00. The Balaban J connectivity index is 2.35. The molecular formula is C10H17BrN4. The quantitative estimate of drug-likeness (QED) is 0.398. The van der Waals surface area contributed by atoms with Crippen molar-refractivity contribution in [3.05, 3.63) is 34.7 Å². The Labute approximate surface area is 98.6 Å². The van der Waals surface area contributed by atoms with Crippen LogP contribution in [0.4, 0.5) is 0 Å². The molecule has 0 aromatic rings. The molecule has 1 aliphatic carbocycles. The van der Waals surface area contributed by atoms with Gasteiger partial charge in [-0.3, -0.25) is 0 Å². The van der Waals surface area contributed by atoms with Crippen LogP contribution < -0.4 is 17.3 Å². The van der Waals surface area contributed by atoms with Crippen molar-refractivity contribution in [2.45, 2.75) is 12.8 Å². The molecule has 0 aliphatic heterocycles. The number of nitrogens with two attached hydrogens (primary N) is 3. The second-order valence-electron chi connectivity index (χ2n) is 3.62. The fourth-order valence-electron chi connectivity index (χ4n) is 1.09. The number of hydrogen-bond acceptors (Lipinski definition) is 4. The minimum absolute atomic E-state index is 0.577. The predicted octanol–water partition coefficient (Wildman–Crippen LogP) is 1.12. The molecule has 0 aromatic heterocycles. The van der Waals surface area contributed by atoms with Gasteiger partial charge in [-0.15, -0.1) is 0 Å². The molecule has 0 spiro atoms. The van der Waals surface area contributed by atoms with Gasteiger partial charge >= 0.3 is 0 Å². The maximum Gasteiger partial charge on any atom is 0.0559 e. The van der Waals surface area contributed by atoms with Gasteiger partial charge in [0.1, 0.15) is 0 Å². The molecule has 6 N–H and O–H groups in total. The lowest BCUT2D eigenvalue weighted by Crippen LogP contribution is -2.26. The first kappa shape index (κ1) is 12.1. The van der Waals surface area contributed by atoms with Crippen molar-refractivity contribution in [2.75, 3.05) is 6.54 Å². The minimum atomic E-state index is 0.577. The summed E-state index contributed by atoms with van der Waals surface area (Å²) in [6, 6.07) is 0. The summed E-state index contributed by atoms with van der Waals surface area (Å²) in [7, 11) is 0. The summed E-state index contributed by atoms with van der Waals surface area (Å²) in [5.41, 5.74) is 11.5. The molecule has 0 bridgehead atoms. The summed E-state index contributed by atoms with van der Waals surface area (Å²) in [6.07, 6.45) is 9.36. The highest BCUT2D eigenvalue weighted by Crippen LogP contribution is 2.28. The maximum atomic E-state index is 5.73. The number of rotatable bonds is 5. The predicted molar refractivity (Wildman–Crippen MR) is 66.2 cm³/mol. The molecule has 1 fully saturated rings. The SMILES string of the molecule is N/C=C(Br)/C(N)=C\C=C\N(N)CC1CC1. The van der Waals surface area contributed by atoms with E-state index in [-0.39, 0.29) is 0 Å². The van der Waals surface area contributed by atoms with E-state index < -0.39 is 0 Å². The standard InChI is InChI=1S/C10H17BrN4/c11-9(6-12)10(13)2-1-5-15(14)7-8-3-4-8/h1-2,5-6,8H,3-4,7,12-14H2/b5-1+,9-6-,10-2+. The summed E-state index contributed by atoms with van der Waals surface area (Å²) < 4.78 is 0.679. The molecule has 0 aromatic carbocycles. The third-order valence-corrected chi connectivity index (χ3v) is 2.86. The molecule has 0 saturated heterocycles. The Morgan fingerprint density at radius 3 is 2.67 bits per heavy atom. The van der Waals surface area contributed by atoms with Gasteiger partial charge in [-0.05, 0) is 46.8 Å². The molecule has 0 amide bonds. The van der Waals surface area contributed by atoms with Crippen LogP contribution >= 0.6 is 15.9 Å². The minimum Gasteiger partial charge on any atom is -0.404 e. The van der Waals surface area contributed by atoms with Gasteiger partial charge in [-0.25, -0.2) is 5.84 Å². The summed E-state index contributed by atoms with van der Waals surface area (Å²) in [5.74, 6) is 6.51. The van der Waals surface area contributed by atoms with Gasteiger partial charge in [0.2, 0.25) is 0 Å². The molecular weight excluding hydrogens is 256 g/mol. The van der Waals surface area contributed by atoms with E-state index in [4.69, 9.17) is 17.3 Å². The molecule has 0 unspecified atom stereocenters. The zero-order chi connectivity index (χ0) is 11.3. The Bertz CT molecular complexity index is 292. The number of hydrogen-bond donors (Lipinski definition) is 3. The molecule has 4 nitrogen and oxygen atoms in total. The first-order valence-electron chi connectivity index (χ1n) is 4.86. The highest BCUT2D eigenvalue weighted by Gasteiger charge is 2.21. The molecule has 0 atom stereocenters. The molecule has 84 valence electrons.